The Morgan fingerprint density at radius 3 is 2.52 bits per heavy atom. The number of amides is 1. The Kier molecular flexibility index (Phi) is 5.02. The highest BCUT2D eigenvalue weighted by molar-refractivity contribution is 6.10. The summed E-state index contributed by atoms with van der Waals surface area (Å²) >= 11 is 0. The fourth-order valence-corrected chi connectivity index (χ4v) is 3.02. The minimum absolute atomic E-state index is 0.00709. The minimum atomic E-state index is -0.762. The number of nitrogens with one attached hydrogen (secondary N) is 1. The van der Waals surface area contributed by atoms with Crippen molar-refractivity contribution in [3.05, 3.63) is 73.7 Å². The summed E-state index contributed by atoms with van der Waals surface area (Å²) in [4.78, 5) is 35.2. The summed E-state index contributed by atoms with van der Waals surface area (Å²) in [6, 6.07) is 11.3. The van der Waals surface area contributed by atoms with Gasteiger partial charge in [0.15, 0.2) is 0 Å². The molecule has 0 spiro atoms. The number of rotatable bonds is 4. The molecule has 29 heavy (non-hydrogen) atoms. The number of nitrogens with zero attached hydrogens (tertiary/aromatic N) is 4. The van der Waals surface area contributed by atoms with Crippen LogP contribution in [0, 0.1) is 28.4 Å². The first-order chi connectivity index (χ1) is 13.7. The maximum Gasteiger partial charge on any atom is 0.328 e. The number of imidazole rings is 1. The first-order valence-electron chi connectivity index (χ1n) is 8.56. The van der Waals surface area contributed by atoms with Crippen molar-refractivity contribution in [2.24, 2.45) is 14.1 Å². The van der Waals surface area contributed by atoms with Crippen LogP contribution >= 0.6 is 0 Å². The van der Waals surface area contributed by atoms with Crippen molar-refractivity contribution in [3.63, 3.8) is 0 Å². The molecule has 0 saturated heterocycles. The Morgan fingerprint density at radius 1 is 1.17 bits per heavy atom. The van der Waals surface area contributed by atoms with Crippen molar-refractivity contribution in [3.8, 4) is 6.07 Å². The van der Waals surface area contributed by atoms with E-state index in [1.807, 2.05) is 6.07 Å². The number of carbonyl (C=O) groups is 1. The van der Waals surface area contributed by atoms with Gasteiger partial charge in [0, 0.05) is 20.2 Å². The molecule has 2 aromatic carbocycles. The number of carbonyl (C=O) groups excluding carboxylic acids is 1. The Bertz CT molecular complexity index is 1290. The number of hydrogen-bond acceptors (Lipinski definition) is 5. The highest BCUT2D eigenvalue weighted by Gasteiger charge is 2.18. The third-order valence-electron chi connectivity index (χ3n) is 4.57. The molecule has 0 radical (unpaired) electrons. The molecule has 3 rings (SSSR count). The van der Waals surface area contributed by atoms with Crippen LogP contribution in [0.4, 0.5) is 11.4 Å². The summed E-state index contributed by atoms with van der Waals surface area (Å²) < 4.78 is 2.96. The molecule has 0 aliphatic carbocycles. The van der Waals surface area contributed by atoms with Crippen molar-refractivity contribution < 1.29 is 9.72 Å². The molecule has 3 aromatic rings. The number of nitriles is 1. The first-order valence-corrected chi connectivity index (χ1v) is 8.56. The van der Waals surface area contributed by atoms with Gasteiger partial charge in [-0.1, -0.05) is 12.1 Å². The fraction of sp³-hybridized carbons (Fsp3) is 0.150. The standard InChI is InChI=1S/C20H17N5O4/c1-12-4-6-15(17(8-12)25(28)29)22-19(26)14(11-21)9-13-5-7-16-18(10-13)24(3)20(27)23(16)2/h4-10H,1-3H3,(H,22,26)/b14-9+. The lowest BCUT2D eigenvalue weighted by Gasteiger charge is -2.06. The quantitative estimate of drug-likeness (QED) is 0.317. The fourth-order valence-electron chi connectivity index (χ4n) is 3.02. The zero-order valence-electron chi connectivity index (χ0n) is 16.0. The third-order valence-corrected chi connectivity index (χ3v) is 4.57. The second-order valence-electron chi connectivity index (χ2n) is 6.55. The average molecular weight is 391 g/mol. The predicted octanol–water partition coefficient (Wildman–Crippen LogP) is 2.64. The Morgan fingerprint density at radius 2 is 1.86 bits per heavy atom. The van der Waals surface area contributed by atoms with Crippen molar-refractivity contribution >= 4 is 34.4 Å². The Labute approximate surface area is 165 Å². The molecule has 9 nitrogen and oxygen atoms in total. The van der Waals surface area contributed by atoms with Gasteiger partial charge in [0.2, 0.25) is 0 Å². The van der Waals surface area contributed by atoms with Gasteiger partial charge in [0.05, 0.1) is 16.0 Å². The molecule has 0 unspecified atom stereocenters. The molecule has 1 aromatic heterocycles. The van der Waals surface area contributed by atoms with E-state index in [4.69, 9.17) is 0 Å². The van der Waals surface area contributed by atoms with Crippen LogP contribution in [0.15, 0.2) is 46.8 Å². The van der Waals surface area contributed by atoms with Crippen molar-refractivity contribution in [1.82, 2.24) is 9.13 Å². The first kappa shape index (κ1) is 19.6. The summed E-state index contributed by atoms with van der Waals surface area (Å²) in [6.07, 6.45) is 1.37. The summed E-state index contributed by atoms with van der Waals surface area (Å²) in [7, 11) is 3.29. The van der Waals surface area contributed by atoms with Gasteiger partial charge in [-0.2, -0.15) is 5.26 Å². The van der Waals surface area contributed by atoms with E-state index in [-0.39, 0.29) is 22.6 Å². The van der Waals surface area contributed by atoms with Crippen LogP contribution in [-0.2, 0) is 18.9 Å². The van der Waals surface area contributed by atoms with Gasteiger partial charge in [0.25, 0.3) is 11.6 Å². The van der Waals surface area contributed by atoms with Crippen molar-refractivity contribution in [1.29, 1.82) is 5.26 Å². The van der Waals surface area contributed by atoms with E-state index in [0.717, 1.165) is 0 Å². The van der Waals surface area contributed by atoms with Gasteiger partial charge >= 0.3 is 5.69 Å². The van der Waals surface area contributed by atoms with E-state index >= 15 is 0 Å². The van der Waals surface area contributed by atoms with Crippen LogP contribution < -0.4 is 11.0 Å². The van der Waals surface area contributed by atoms with Crippen LogP contribution in [0.5, 0.6) is 0 Å². The summed E-state index contributed by atoms with van der Waals surface area (Å²) in [5.41, 5.74) is 1.93. The van der Waals surface area contributed by atoms with Gasteiger partial charge < -0.3 is 5.32 Å². The summed E-state index contributed by atoms with van der Waals surface area (Å²) in [5, 5.41) is 23.0. The number of hydrogen-bond donors (Lipinski definition) is 1. The smallest absolute Gasteiger partial charge is 0.316 e. The molecule has 0 fully saturated rings. The molecule has 0 atom stereocenters. The number of benzene rings is 2. The lowest BCUT2D eigenvalue weighted by molar-refractivity contribution is -0.384. The average Bonchev–Trinajstić information content (AvgIpc) is 2.91. The summed E-state index contributed by atoms with van der Waals surface area (Å²) in [5.74, 6) is -0.762. The highest BCUT2D eigenvalue weighted by Crippen LogP contribution is 2.26. The van der Waals surface area contributed by atoms with Crippen LogP contribution in [-0.4, -0.2) is 20.0 Å². The molecule has 0 bridgehead atoms. The molecule has 0 aliphatic heterocycles. The largest absolute Gasteiger partial charge is 0.328 e. The van der Waals surface area contributed by atoms with Gasteiger partial charge in [-0.05, 0) is 42.3 Å². The van der Waals surface area contributed by atoms with Crippen molar-refractivity contribution in [2.75, 3.05) is 5.32 Å². The molecule has 0 saturated carbocycles. The molecule has 146 valence electrons. The minimum Gasteiger partial charge on any atom is -0.316 e. The van der Waals surface area contributed by atoms with Gasteiger partial charge in [0.1, 0.15) is 17.3 Å². The molecule has 1 heterocycles. The zero-order valence-corrected chi connectivity index (χ0v) is 16.0. The molecular formula is C20H17N5O4. The second kappa shape index (κ2) is 7.44. The number of aryl methyl sites for hydroxylation is 3. The molecule has 0 aliphatic rings. The van der Waals surface area contributed by atoms with Gasteiger partial charge in [-0.3, -0.25) is 24.0 Å². The summed E-state index contributed by atoms with van der Waals surface area (Å²) in [6.45, 7) is 1.70. The predicted molar refractivity (Wildman–Crippen MR) is 108 cm³/mol. The lowest BCUT2D eigenvalue weighted by atomic mass is 10.1. The number of fused-ring (bicyclic) bond motifs is 1. The van der Waals surface area contributed by atoms with Crippen molar-refractivity contribution in [2.45, 2.75) is 6.92 Å². The number of nitro benzene ring substituents is 1. The van der Waals surface area contributed by atoms with Crippen LogP contribution in [0.25, 0.3) is 17.1 Å². The van der Waals surface area contributed by atoms with Gasteiger partial charge in [-0.25, -0.2) is 4.79 Å². The van der Waals surface area contributed by atoms with E-state index in [0.29, 0.717) is 22.2 Å². The molecule has 1 N–H and O–H groups in total. The van der Waals surface area contributed by atoms with Gasteiger partial charge in [-0.15, -0.1) is 0 Å². The maximum atomic E-state index is 12.5. The molecular weight excluding hydrogens is 374 g/mol. The SMILES string of the molecule is Cc1ccc(NC(=O)/C(C#N)=C/c2ccc3c(c2)n(C)c(=O)n3C)c([N+](=O)[O-])c1. The normalized spacial score (nSPS) is 11.3. The third kappa shape index (κ3) is 3.64. The van der Waals surface area contributed by atoms with E-state index < -0.39 is 10.8 Å². The number of anilines is 1. The van der Waals surface area contributed by atoms with Crippen LogP contribution in [0.3, 0.4) is 0 Å². The Hall–Kier alpha value is -4.19. The topological polar surface area (TPSA) is 123 Å². The molecule has 9 heteroatoms. The van der Waals surface area contributed by atoms with E-state index in [9.17, 15) is 25.0 Å². The maximum absolute atomic E-state index is 12.5. The second-order valence-corrected chi connectivity index (χ2v) is 6.55. The number of aromatic nitrogens is 2. The zero-order chi connectivity index (χ0) is 21.3. The van der Waals surface area contributed by atoms with Crippen LogP contribution in [0.2, 0.25) is 0 Å². The number of nitro groups is 1. The van der Waals surface area contributed by atoms with E-state index in [1.54, 1.807) is 45.3 Å². The molecule has 1 amide bonds. The lowest BCUT2D eigenvalue weighted by Crippen LogP contribution is -2.19. The monoisotopic (exact) mass is 391 g/mol. The van der Waals surface area contributed by atoms with E-state index in [1.165, 1.54) is 27.3 Å². The van der Waals surface area contributed by atoms with E-state index in [2.05, 4.69) is 5.32 Å². The highest BCUT2D eigenvalue weighted by atomic mass is 16.6. The Balaban J connectivity index is 1.97. The van der Waals surface area contributed by atoms with Crippen LogP contribution in [0.1, 0.15) is 11.1 Å².